The predicted octanol–water partition coefficient (Wildman–Crippen LogP) is -1.27. The van der Waals surface area contributed by atoms with Gasteiger partial charge < -0.3 is 9.88 Å². The van der Waals surface area contributed by atoms with Crippen molar-refractivity contribution in [1.82, 2.24) is 9.88 Å². The molecule has 0 spiro atoms. The molecule has 1 heterocycles. The van der Waals surface area contributed by atoms with Crippen LogP contribution in [0.4, 0.5) is 0 Å². The minimum absolute atomic E-state index is 0.602. The number of piperazine rings is 1. The maximum Gasteiger partial charge on any atom is 0.0793 e. The third-order valence-electron chi connectivity index (χ3n) is 1.83. The van der Waals surface area contributed by atoms with E-state index in [4.69, 9.17) is 0 Å². The lowest BCUT2D eigenvalue weighted by Gasteiger charge is -2.30. The molecule has 0 aromatic rings. The van der Waals surface area contributed by atoms with Crippen molar-refractivity contribution in [1.29, 1.82) is 0 Å². The van der Waals surface area contributed by atoms with E-state index < -0.39 is 0 Å². The molecule has 0 aliphatic carbocycles. The van der Waals surface area contributed by atoms with E-state index in [1.54, 1.807) is 0 Å². The van der Waals surface area contributed by atoms with Gasteiger partial charge in [-0.1, -0.05) is 6.08 Å². The van der Waals surface area contributed by atoms with Crippen LogP contribution in [0.3, 0.4) is 0 Å². The van der Waals surface area contributed by atoms with Crippen molar-refractivity contribution in [3.8, 4) is 0 Å². The first-order chi connectivity index (χ1) is 4.34. The number of hydrogen-bond acceptors (Lipinski definition) is 2. The van der Waals surface area contributed by atoms with Gasteiger partial charge in [0, 0.05) is 25.7 Å². The van der Waals surface area contributed by atoms with E-state index in [0.29, 0.717) is 6.04 Å². The summed E-state index contributed by atoms with van der Waals surface area (Å²) >= 11 is 0. The highest BCUT2D eigenvalue weighted by Crippen LogP contribution is 1.97. The Kier molecular flexibility index (Phi) is 2.45. The van der Waals surface area contributed by atoms with Gasteiger partial charge in [-0.15, -0.1) is 6.58 Å². The summed E-state index contributed by atoms with van der Waals surface area (Å²) in [7, 11) is 1.17. The van der Waals surface area contributed by atoms with Crippen LogP contribution >= 0.6 is 0 Å². The smallest absolute Gasteiger partial charge is 0.0793 e. The second-order valence-electron chi connectivity index (χ2n) is 2.49. The molecule has 0 bridgehead atoms. The summed E-state index contributed by atoms with van der Waals surface area (Å²) in [6.07, 6.45) is 2.03. The summed E-state index contributed by atoms with van der Waals surface area (Å²) in [5, 5.41) is 3.33. The molecule has 0 aromatic carbocycles. The Balaban J connectivity index is 2.38. The van der Waals surface area contributed by atoms with Crippen molar-refractivity contribution in [3.05, 3.63) is 12.7 Å². The molecule has 2 nitrogen and oxygen atoms in total. The Hall–Kier alpha value is -0.123. The van der Waals surface area contributed by atoms with Gasteiger partial charge in [0.15, 0.2) is 0 Å². The van der Waals surface area contributed by atoms with E-state index >= 15 is 0 Å². The molecule has 9 heavy (non-hydrogen) atoms. The van der Waals surface area contributed by atoms with Gasteiger partial charge in [0.1, 0.15) is 0 Å². The lowest BCUT2D eigenvalue weighted by atomic mass is 10.2. The molecule has 3 heteroatoms. The fraction of sp³-hybridized carbons (Fsp3) is 0.667. The van der Waals surface area contributed by atoms with E-state index in [9.17, 15) is 0 Å². The number of rotatable bonds is 1. The Bertz CT molecular complexity index is 105. The van der Waals surface area contributed by atoms with E-state index in [2.05, 4.69) is 16.5 Å². The molecule has 0 amide bonds. The molecule has 0 saturated carbocycles. The van der Waals surface area contributed by atoms with Crippen LogP contribution in [-0.2, 0) is 0 Å². The van der Waals surface area contributed by atoms with Crippen molar-refractivity contribution in [2.75, 3.05) is 19.6 Å². The van der Waals surface area contributed by atoms with Gasteiger partial charge in [0.05, 0.1) is 10.4 Å². The number of nitrogens with zero attached hydrogens (tertiary/aromatic N) is 1. The van der Waals surface area contributed by atoms with Crippen LogP contribution in [0.2, 0.25) is 0 Å². The first-order valence-electron chi connectivity index (χ1n) is 3.38. The van der Waals surface area contributed by atoms with Gasteiger partial charge in [-0.2, -0.15) is 0 Å². The average molecular weight is 142 g/mol. The van der Waals surface area contributed by atoms with E-state index in [-0.39, 0.29) is 0 Å². The van der Waals surface area contributed by atoms with Crippen LogP contribution in [0.5, 0.6) is 0 Å². The van der Waals surface area contributed by atoms with Crippen molar-refractivity contribution >= 4 is 10.4 Å². The fourth-order valence-electron chi connectivity index (χ4n) is 1.09. The van der Waals surface area contributed by atoms with Crippen LogP contribution in [0.15, 0.2) is 12.7 Å². The van der Waals surface area contributed by atoms with Crippen molar-refractivity contribution < 1.29 is 0 Å². The third kappa shape index (κ3) is 1.64. The molecule has 1 fully saturated rings. The predicted molar refractivity (Wildman–Crippen MR) is 43.5 cm³/mol. The molecule has 1 N–H and O–H groups in total. The summed E-state index contributed by atoms with van der Waals surface area (Å²) in [6.45, 7) is 7.21. The second kappa shape index (κ2) is 3.15. The Labute approximate surface area is 59.4 Å². The quantitative estimate of drug-likeness (QED) is 0.363. The van der Waals surface area contributed by atoms with Gasteiger partial charge in [-0.25, -0.2) is 0 Å². The highest BCUT2D eigenvalue weighted by molar-refractivity contribution is 6.04. The first-order valence-corrected chi connectivity index (χ1v) is 4.27. The molecule has 1 saturated heterocycles. The minimum atomic E-state index is 0.602. The molecule has 1 rings (SSSR count). The topological polar surface area (TPSA) is 15.3 Å². The van der Waals surface area contributed by atoms with Crippen LogP contribution < -0.4 is 5.32 Å². The summed E-state index contributed by atoms with van der Waals surface area (Å²) in [5.41, 5.74) is 0. The van der Waals surface area contributed by atoms with E-state index in [0.717, 1.165) is 13.1 Å². The van der Waals surface area contributed by atoms with Gasteiger partial charge in [-0.05, 0) is 0 Å². The van der Waals surface area contributed by atoms with Gasteiger partial charge in [-0.3, -0.25) is 0 Å². The highest BCUT2D eigenvalue weighted by atomic mass is 28.2. The van der Waals surface area contributed by atoms with Gasteiger partial charge in [0.2, 0.25) is 0 Å². The van der Waals surface area contributed by atoms with Crippen LogP contribution in [0.25, 0.3) is 0 Å². The first kappa shape index (κ1) is 6.99. The lowest BCUT2D eigenvalue weighted by Crippen LogP contribution is -2.48. The summed E-state index contributed by atoms with van der Waals surface area (Å²) < 4.78 is 2.45. The lowest BCUT2D eigenvalue weighted by molar-refractivity contribution is 0.322. The molecule has 52 valence electrons. The molecule has 1 unspecified atom stereocenters. The summed E-state index contributed by atoms with van der Waals surface area (Å²) in [6, 6.07) is 0.602. The third-order valence-corrected chi connectivity index (χ3v) is 2.94. The monoisotopic (exact) mass is 142 g/mol. The Morgan fingerprint density at radius 2 is 2.56 bits per heavy atom. The zero-order chi connectivity index (χ0) is 6.69. The average Bonchev–Trinajstić information content (AvgIpc) is 1.89. The van der Waals surface area contributed by atoms with E-state index in [1.165, 1.54) is 16.9 Å². The fourth-order valence-corrected chi connectivity index (χ4v) is 1.71. The van der Waals surface area contributed by atoms with Crippen LogP contribution in [0.1, 0.15) is 0 Å². The number of hydrogen-bond donors (Lipinski definition) is 1. The molecule has 1 aliphatic rings. The van der Waals surface area contributed by atoms with Crippen molar-refractivity contribution in [2.45, 2.75) is 6.04 Å². The minimum Gasteiger partial charge on any atom is -0.324 e. The molecule has 0 aromatic heterocycles. The largest absolute Gasteiger partial charge is 0.324 e. The van der Waals surface area contributed by atoms with Crippen molar-refractivity contribution in [3.63, 3.8) is 0 Å². The zero-order valence-electron chi connectivity index (χ0n) is 5.93. The Morgan fingerprint density at radius 1 is 1.78 bits per heavy atom. The molecular weight excluding hydrogens is 128 g/mol. The van der Waals surface area contributed by atoms with Crippen LogP contribution in [0, 0.1) is 0 Å². The highest BCUT2D eigenvalue weighted by Gasteiger charge is 2.13. The summed E-state index contributed by atoms with van der Waals surface area (Å²) in [4.78, 5) is 0. The van der Waals surface area contributed by atoms with Gasteiger partial charge in [0.25, 0.3) is 0 Å². The van der Waals surface area contributed by atoms with Gasteiger partial charge >= 0.3 is 0 Å². The normalized spacial score (nSPS) is 30.4. The maximum absolute atomic E-state index is 3.78. The van der Waals surface area contributed by atoms with Crippen molar-refractivity contribution in [2.24, 2.45) is 0 Å². The Morgan fingerprint density at radius 3 is 3.00 bits per heavy atom. The standard InChI is InChI=1S/C6H14N2Si/c1-2-6-5-7-3-4-8(6)9/h2,6-7H,1,3-5H2,9H3. The molecule has 0 radical (unpaired) electrons. The van der Waals surface area contributed by atoms with E-state index in [1.807, 2.05) is 6.08 Å². The molecule has 1 aliphatic heterocycles. The number of nitrogens with one attached hydrogen (secondary N) is 1. The zero-order valence-corrected chi connectivity index (χ0v) is 7.93. The molecule has 1 atom stereocenters. The summed E-state index contributed by atoms with van der Waals surface area (Å²) in [5.74, 6) is 0. The maximum atomic E-state index is 3.78. The molecular formula is C6H14N2Si. The second-order valence-corrected chi connectivity index (χ2v) is 3.64. The van der Waals surface area contributed by atoms with Crippen LogP contribution in [-0.4, -0.2) is 40.6 Å². The SMILES string of the molecule is C=CC1CNCCN1[SiH3].